The van der Waals surface area contributed by atoms with Crippen LogP contribution in [0.3, 0.4) is 0 Å². The van der Waals surface area contributed by atoms with E-state index in [1.54, 1.807) is 0 Å². The summed E-state index contributed by atoms with van der Waals surface area (Å²) in [6, 6.07) is 64.1. The first-order chi connectivity index (χ1) is 25.3. The molecule has 10 aromatic rings. The molecular weight excluding hydrogens is 655 g/mol. The second kappa shape index (κ2) is 12.0. The van der Waals surface area contributed by atoms with Gasteiger partial charge in [-0.05, 0) is 57.1 Å². The van der Waals surface area contributed by atoms with Crippen molar-refractivity contribution in [3.05, 3.63) is 188 Å². The smallest absolute Gasteiger partial charge is 0.179 e. The monoisotopic (exact) mass is 685 g/mol. The molecule has 0 amide bonds. The molecule has 4 aromatic heterocycles. The van der Waals surface area contributed by atoms with Gasteiger partial charge in [0.1, 0.15) is 5.65 Å². The summed E-state index contributed by atoms with van der Waals surface area (Å²) >= 11 is 1.86. The van der Waals surface area contributed by atoms with Crippen LogP contribution in [0.4, 0.5) is 0 Å². The van der Waals surface area contributed by atoms with Crippen molar-refractivity contribution in [1.29, 1.82) is 0 Å². The lowest BCUT2D eigenvalue weighted by Gasteiger charge is -2.35. The van der Waals surface area contributed by atoms with E-state index in [4.69, 9.17) is 9.97 Å². The number of nitrogens with zero attached hydrogens (tertiary/aromatic N) is 3. The fourth-order valence-electron chi connectivity index (χ4n) is 8.04. The molecule has 0 aliphatic rings. The average Bonchev–Trinajstić information content (AvgIpc) is 3.76. The van der Waals surface area contributed by atoms with Gasteiger partial charge in [-0.15, -0.1) is 11.3 Å². The van der Waals surface area contributed by atoms with Crippen LogP contribution >= 0.6 is 11.3 Å². The summed E-state index contributed by atoms with van der Waals surface area (Å²) in [5, 5.41) is 10.2. The van der Waals surface area contributed by atoms with Crippen LogP contribution in [0.5, 0.6) is 0 Å². The molecule has 0 bridgehead atoms. The van der Waals surface area contributed by atoms with Gasteiger partial charge < -0.3 is 0 Å². The molecule has 5 heteroatoms. The fraction of sp³-hybridized carbons (Fsp3) is 0. The second-order valence-corrected chi connectivity index (χ2v) is 17.8. The van der Waals surface area contributed by atoms with E-state index in [9.17, 15) is 0 Å². The van der Waals surface area contributed by atoms with Gasteiger partial charge in [0.15, 0.2) is 8.07 Å². The van der Waals surface area contributed by atoms with Gasteiger partial charge in [0.25, 0.3) is 0 Å². The Morgan fingerprint density at radius 2 is 1.14 bits per heavy atom. The minimum Gasteiger partial charge on any atom is -0.294 e. The van der Waals surface area contributed by atoms with Crippen molar-refractivity contribution in [1.82, 2.24) is 14.5 Å². The highest BCUT2D eigenvalue weighted by Crippen LogP contribution is 2.42. The molecule has 4 heterocycles. The number of para-hydroxylation sites is 1. The van der Waals surface area contributed by atoms with Crippen LogP contribution in [0, 0.1) is 0 Å². The fourth-order valence-corrected chi connectivity index (χ4v) is 14.1. The van der Waals surface area contributed by atoms with Gasteiger partial charge in [-0.25, -0.2) is 4.98 Å². The predicted molar refractivity (Wildman–Crippen MR) is 218 cm³/mol. The zero-order chi connectivity index (χ0) is 33.8. The standard InChI is InChI=1S/C46H31N3SSi/c1-3-17-34(18-4-1)51(35-19-5-2-6-20-35,36-21-13-15-32(29-36)41-25-11-12-28-47-41)37-22-14-16-33(30-37)49-42-26-9-7-24-39(42)44-45-40(31-48-46(44)49)38-23-8-10-27-43(38)50-45/h1-31H. The zero-order valence-electron chi connectivity index (χ0n) is 27.6. The van der Waals surface area contributed by atoms with E-state index in [-0.39, 0.29) is 0 Å². The Hall–Kier alpha value is -6.14. The highest BCUT2D eigenvalue weighted by Gasteiger charge is 2.42. The van der Waals surface area contributed by atoms with Crippen molar-refractivity contribution in [3.63, 3.8) is 0 Å². The molecule has 0 saturated heterocycles. The summed E-state index contributed by atoms with van der Waals surface area (Å²) < 4.78 is 4.95. The van der Waals surface area contributed by atoms with Gasteiger partial charge >= 0.3 is 0 Å². The van der Waals surface area contributed by atoms with E-state index in [1.165, 1.54) is 51.7 Å². The summed E-state index contributed by atoms with van der Waals surface area (Å²) in [5.41, 5.74) is 5.34. The molecule has 0 aliphatic heterocycles. The molecule has 0 N–H and O–H groups in total. The SMILES string of the molecule is c1ccc([Si](c2ccccc2)(c2cccc(-c3ccccn3)c2)c2cccc(-n3c4ccccc4c4c5sc6ccccc6c5cnc43)c2)cc1. The van der Waals surface area contributed by atoms with Crippen LogP contribution in [0.15, 0.2) is 188 Å². The van der Waals surface area contributed by atoms with E-state index in [0.29, 0.717) is 0 Å². The normalized spacial score (nSPS) is 11.9. The zero-order valence-corrected chi connectivity index (χ0v) is 29.5. The number of benzene rings is 6. The lowest BCUT2D eigenvalue weighted by Crippen LogP contribution is -2.74. The van der Waals surface area contributed by atoms with Gasteiger partial charge in [0, 0.05) is 54.6 Å². The molecule has 0 atom stereocenters. The second-order valence-electron chi connectivity index (χ2n) is 13.0. The van der Waals surface area contributed by atoms with E-state index < -0.39 is 8.07 Å². The number of aromatic nitrogens is 3. The van der Waals surface area contributed by atoms with Crippen LogP contribution in [0.1, 0.15) is 0 Å². The summed E-state index contributed by atoms with van der Waals surface area (Å²) in [7, 11) is -2.87. The van der Waals surface area contributed by atoms with Gasteiger partial charge in [-0.1, -0.05) is 140 Å². The molecule has 10 rings (SSSR count). The average molecular weight is 686 g/mol. The maximum Gasteiger partial charge on any atom is 0.179 e. The van der Waals surface area contributed by atoms with Crippen molar-refractivity contribution in [2.45, 2.75) is 0 Å². The van der Waals surface area contributed by atoms with E-state index >= 15 is 0 Å². The maximum atomic E-state index is 5.23. The third-order valence-electron chi connectivity index (χ3n) is 10.2. The topological polar surface area (TPSA) is 30.7 Å². The van der Waals surface area contributed by atoms with Crippen LogP contribution in [0.25, 0.3) is 59.1 Å². The number of pyridine rings is 2. The molecule has 6 aromatic carbocycles. The molecule has 0 unspecified atom stereocenters. The van der Waals surface area contributed by atoms with Crippen molar-refractivity contribution in [3.8, 4) is 16.9 Å². The minimum atomic E-state index is -2.87. The van der Waals surface area contributed by atoms with Crippen molar-refractivity contribution >= 4 is 82.3 Å². The lowest BCUT2D eigenvalue weighted by molar-refractivity contribution is 1.14. The number of rotatable bonds is 6. The van der Waals surface area contributed by atoms with Gasteiger partial charge in [-0.3, -0.25) is 9.55 Å². The Morgan fingerprint density at radius 1 is 0.490 bits per heavy atom. The molecule has 0 saturated carbocycles. The quantitative estimate of drug-likeness (QED) is 0.129. The molecule has 0 spiro atoms. The molecular formula is C46H31N3SSi. The summed E-state index contributed by atoms with van der Waals surface area (Å²) in [6.07, 6.45) is 3.95. The first kappa shape index (κ1) is 29.7. The number of hydrogen-bond acceptors (Lipinski definition) is 3. The Bertz CT molecular complexity index is 2820. The van der Waals surface area contributed by atoms with E-state index in [2.05, 4.69) is 181 Å². The molecule has 51 heavy (non-hydrogen) atoms. The number of fused-ring (bicyclic) bond motifs is 7. The highest BCUT2D eigenvalue weighted by atomic mass is 32.1. The van der Waals surface area contributed by atoms with Crippen LogP contribution in [0.2, 0.25) is 0 Å². The lowest BCUT2D eigenvalue weighted by atomic mass is 10.1. The summed E-state index contributed by atoms with van der Waals surface area (Å²) in [4.78, 5) is 9.97. The summed E-state index contributed by atoms with van der Waals surface area (Å²) in [5.74, 6) is 0. The van der Waals surface area contributed by atoms with E-state index in [1.807, 2.05) is 23.6 Å². The Labute approximate surface area is 300 Å². The molecule has 240 valence electrons. The number of thiophene rings is 1. The number of hydrogen-bond donors (Lipinski definition) is 0. The molecule has 3 nitrogen and oxygen atoms in total. The highest BCUT2D eigenvalue weighted by molar-refractivity contribution is 7.26. The third-order valence-corrected chi connectivity index (χ3v) is 16.2. The Morgan fingerprint density at radius 3 is 1.90 bits per heavy atom. The maximum absolute atomic E-state index is 5.23. The van der Waals surface area contributed by atoms with Gasteiger partial charge in [0.05, 0.1) is 11.2 Å². The van der Waals surface area contributed by atoms with Crippen molar-refractivity contribution in [2.75, 3.05) is 0 Å². The predicted octanol–water partition coefficient (Wildman–Crippen LogP) is 8.99. The molecule has 0 aliphatic carbocycles. The Kier molecular flexibility index (Phi) is 7.01. The summed E-state index contributed by atoms with van der Waals surface area (Å²) in [6.45, 7) is 0. The first-order valence-electron chi connectivity index (χ1n) is 17.2. The molecule has 0 fully saturated rings. The van der Waals surface area contributed by atoms with Crippen LogP contribution in [-0.4, -0.2) is 22.6 Å². The third kappa shape index (κ3) is 4.63. The van der Waals surface area contributed by atoms with Gasteiger partial charge in [-0.2, -0.15) is 0 Å². The Balaban J connectivity index is 1.28. The van der Waals surface area contributed by atoms with Crippen molar-refractivity contribution in [2.24, 2.45) is 0 Å². The van der Waals surface area contributed by atoms with Crippen molar-refractivity contribution < 1.29 is 0 Å². The molecule has 0 radical (unpaired) electrons. The first-order valence-corrected chi connectivity index (χ1v) is 20.1. The van der Waals surface area contributed by atoms with Crippen LogP contribution < -0.4 is 20.7 Å². The van der Waals surface area contributed by atoms with E-state index in [0.717, 1.165) is 28.1 Å². The van der Waals surface area contributed by atoms with Crippen LogP contribution in [-0.2, 0) is 0 Å². The van der Waals surface area contributed by atoms with Gasteiger partial charge in [0.2, 0.25) is 0 Å². The largest absolute Gasteiger partial charge is 0.294 e. The minimum absolute atomic E-state index is 0.973.